The summed E-state index contributed by atoms with van der Waals surface area (Å²) in [6.45, 7) is 4.04. The number of amides is 1. The summed E-state index contributed by atoms with van der Waals surface area (Å²) in [6, 6.07) is 13.0. The Hall–Kier alpha value is -1.84. The van der Waals surface area contributed by atoms with Gasteiger partial charge in [-0.2, -0.15) is 0 Å². The number of hydrogen-bond acceptors (Lipinski definition) is 6. The van der Waals surface area contributed by atoms with Crippen molar-refractivity contribution in [1.29, 1.82) is 0 Å². The van der Waals surface area contributed by atoms with E-state index in [1.807, 2.05) is 55.1 Å². The molecule has 30 heavy (non-hydrogen) atoms. The first-order chi connectivity index (χ1) is 14.2. The zero-order valence-corrected chi connectivity index (χ0v) is 19.9. The quantitative estimate of drug-likeness (QED) is 0.680. The molecular weight excluding hydrogens is 486 g/mol. The summed E-state index contributed by atoms with van der Waals surface area (Å²) in [7, 11) is -3.11. The van der Waals surface area contributed by atoms with Gasteiger partial charge < -0.3 is 10.2 Å². The lowest BCUT2D eigenvalue weighted by atomic mass is 10.1. The van der Waals surface area contributed by atoms with Crippen LogP contribution >= 0.6 is 27.7 Å². The monoisotopic (exact) mass is 507 g/mol. The number of nitrogens with one attached hydrogen (secondary N) is 1. The second kappa shape index (κ2) is 8.36. The van der Waals surface area contributed by atoms with Crippen LogP contribution in [0, 0.1) is 13.8 Å². The van der Waals surface area contributed by atoms with Gasteiger partial charge in [-0.25, -0.2) is 8.42 Å². The second-order valence-electron chi connectivity index (χ2n) is 7.63. The normalized spacial score (nSPS) is 22.0. The highest BCUT2D eigenvalue weighted by Crippen LogP contribution is 2.36. The van der Waals surface area contributed by atoms with Crippen LogP contribution in [-0.2, 0) is 14.6 Å². The van der Waals surface area contributed by atoms with Gasteiger partial charge in [-0.15, -0.1) is 0 Å². The van der Waals surface area contributed by atoms with Crippen molar-refractivity contribution in [3.63, 3.8) is 0 Å². The van der Waals surface area contributed by atoms with Crippen molar-refractivity contribution in [3.05, 3.63) is 58.1 Å². The highest BCUT2D eigenvalue weighted by molar-refractivity contribution is 9.10. The van der Waals surface area contributed by atoms with Crippen LogP contribution in [-0.4, -0.2) is 48.8 Å². The minimum absolute atomic E-state index is 0.0637. The summed E-state index contributed by atoms with van der Waals surface area (Å²) < 4.78 is 25.3. The first-order valence-electron chi connectivity index (χ1n) is 9.55. The molecule has 0 radical (unpaired) electrons. The molecule has 2 atom stereocenters. The summed E-state index contributed by atoms with van der Waals surface area (Å²) in [4.78, 5) is 19.2. The number of fused-ring (bicyclic) bond motifs is 1. The third-order valence-electron chi connectivity index (χ3n) is 5.18. The van der Waals surface area contributed by atoms with Crippen LogP contribution in [0.3, 0.4) is 0 Å². The van der Waals surface area contributed by atoms with Crippen LogP contribution in [0.1, 0.15) is 11.1 Å². The summed E-state index contributed by atoms with van der Waals surface area (Å²) in [5, 5.41) is 3.59. The van der Waals surface area contributed by atoms with Crippen LogP contribution in [0.15, 0.2) is 51.9 Å². The summed E-state index contributed by atoms with van der Waals surface area (Å²) in [5.41, 5.74) is 3.88. The minimum atomic E-state index is -3.11. The molecule has 9 heteroatoms. The average molecular weight is 508 g/mol. The Morgan fingerprint density at radius 2 is 1.93 bits per heavy atom. The SMILES string of the molecule is Cc1ccc(N2C(SCC(=O)Nc3ccc(Br)cc3)=N[C@H]3CS(=O)(=O)C[C@H]32)c(C)c1. The number of carbonyl (C=O) groups is 1. The number of nitrogens with zero attached hydrogens (tertiary/aromatic N) is 2. The van der Waals surface area contributed by atoms with Crippen LogP contribution < -0.4 is 10.2 Å². The van der Waals surface area contributed by atoms with E-state index >= 15 is 0 Å². The largest absolute Gasteiger partial charge is 0.325 e. The second-order valence-corrected chi connectivity index (χ2v) is 11.6. The molecule has 158 valence electrons. The molecule has 2 aromatic rings. The molecule has 1 N–H and O–H groups in total. The Bertz CT molecular complexity index is 1120. The lowest BCUT2D eigenvalue weighted by Crippen LogP contribution is -2.39. The lowest BCUT2D eigenvalue weighted by Gasteiger charge is -2.28. The van der Waals surface area contributed by atoms with Crippen LogP contribution in [0.2, 0.25) is 0 Å². The Morgan fingerprint density at radius 3 is 2.63 bits per heavy atom. The van der Waals surface area contributed by atoms with E-state index in [0.717, 1.165) is 27.0 Å². The highest BCUT2D eigenvalue weighted by Gasteiger charge is 2.47. The summed E-state index contributed by atoms with van der Waals surface area (Å²) >= 11 is 4.72. The first kappa shape index (κ1) is 21.4. The van der Waals surface area contributed by atoms with Crippen molar-refractivity contribution in [1.82, 2.24) is 0 Å². The molecule has 2 heterocycles. The molecule has 0 unspecified atom stereocenters. The Morgan fingerprint density at radius 1 is 1.20 bits per heavy atom. The van der Waals surface area contributed by atoms with E-state index < -0.39 is 9.84 Å². The molecule has 2 aliphatic rings. The zero-order valence-electron chi connectivity index (χ0n) is 16.6. The lowest BCUT2D eigenvalue weighted by molar-refractivity contribution is -0.113. The van der Waals surface area contributed by atoms with E-state index in [1.54, 1.807) is 0 Å². The highest BCUT2D eigenvalue weighted by atomic mass is 79.9. The topological polar surface area (TPSA) is 78.8 Å². The molecule has 4 rings (SSSR count). The van der Waals surface area contributed by atoms with Crippen LogP contribution in [0.25, 0.3) is 0 Å². The van der Waals surface area contributed by atoms with Crippen molar-refractivity contribution in [2.24, 2.45) is 4.99 Å². The number of benzene rings is 2. The molecule has 6 nitrogen and oxygen atoms in total. The number of aliphatic imine (C=N–C) groups is 1. The average Bonchev–Trinajstić information content (AvgIpc) is 3.13. The number of halogens is 1. The van der Waals surface area contributed by atoms with E-state index in [0.29, 0.717) is 5.17 Å². The summed E-state index contributed by atoms with van der Waals surface area (Å²) in [5.74, 6) is 0.218. The maximum atomic E-state index is 12.4. The molecule has 2 aromatic carbocycles. The Kier molecular flexibility index (Phi) is 5.96. The molecule has 0 spiro atoms. The fourth-order valence-electron chi connectivity index (χ4n) is 3.85. The van der Waals surface area contributed by atoms with Gasteiger partial charge in [0.1, 0.15) is 0 Å². The summed E-state index contributed by atoms with van der Waals surface area (Å²) in [6.07, 6.45) is 0. The van der Waals surface area contributed by atoms with Crippen molar-refractivity contribution < 1.29 is 13.2 Å². The van der Waals surface area contributed by atoms with Crippen molar-refractivity contribution >= 4 is 60.0 Å². The standard InChI is InChI=1S/C21H22BrN3O3S2/c1-13-3-8-18(14(2)9-13)25-19-12-30(27,28)11-17(19)24-21(25)29-10-20(26)23-16-6-4-15(22)5-7-16/h3-9,17,19H,10-12H2,1-2H3,(H,23,26)/t17-,19+/m0/s1. The van der Waals surface area contributed by atoms with Gasteiger partial charge in [-0.05, 0) is 49.7 Å². The van der Waals surface area contributed by atoms with Gasteiger partial charge >= 0.3 is 0 Å². The molecule has 2 aliphatic heterocycles. The molecule has 0 aliphatic carbocycles. The van der Waals surface area contributed by atoms with Gasteiger partial charge in [-0.1, -0.05) is 45.4 Å². The maximum absolute atomic E-state index is 12.4. The molecule has 1 fully saturated rings. The van der Waals surface area contributed by atoms with Gasteiger partial charge in [0.15, 0.2) is 15.0 Å². The number of hydrogen-bond donors (Lipinski definition) is 1. The smallest absolute Gasteiger partial charge is 0.234 e. The Labute approximate surface area is 189 Å². The van der Waals surface area contributed by atoms with Crippen molar-refractivity contribution in [3.8, 4) is 0 Å². The third-order valence-corrected chi connectivity index (χ3v) is 8.37. The molecule has 0 aromatic heterocycles. The fourth-order valence-corrected chi connectivity index (χ4v) is 6.88. The fraction of sp³-hybridized carbons (Fsp3) is 0.333. The maximum Gasteiger partial charge on any atom is 0.234 e. The number of amidine groups is 1. The molecule has 0 bridgehead atoms. The van der Waals surface area contributed by atoms with Gasteiger partial charge in [0.05, 0.1) is 29.3 Å². The van der Waals surface area contributed by atoms with Gasteiger partial charge in [0, 0.05) is 15.8 Å². The van der Waals surface area contributed by atoms with E-state index in [1.165, 1.54) is 11.8 Å². The Balaban J connectivity index is 1.52. The van der Waals surface area contributed by atoms with Gasteiger partial charge in [-0.3, -0.25) is 9.79 Å². The predicted octanol–water partition coefficient (Wildman–Crippen LogP) is 3.78. The van der Waals surface area contributed by atoms with Crippen molar-refractivity contribution in [2.45, 2.75) is 25.9 Å². The number of anilines is 2. The molecule has 1 amide bonds. The zero-order chi connectivity index (χ0) is 21.5. The van der Waals surface area contributed by atoms with Crippen LogP contribution in [0.5, 0.6) is 0 Å². The molecule has 0 saturated carbocycles. The molecule has 1 saturated heterocycles. The van der Waals surface area contributed by atoms with E-state index in [9.17, 15) is 13.2 Å². The van der Waals surface area contributed by atoms with E-state index in [4.69, 9.17) is 4.99 Å². The number of aryl methyl sites for hydroxylation is 2. The van der Waals surface area contributed by atoms with Gasteiger partial charge in [0.2, 0.25) is 5.91 Å². The first-order valence-corrected chi connectivity index (χ1v) is 13.1. The van der Waals surface area contributed by atoms with Gasteiger partial charge in [0.25, 0.3) is 0 Å². The van der Waals surface area contributed by atoms with Crippen molar-refractivity contribution in [2.75, 3.05) is 27.5 Å². The molecular formula is C21H22BrN3O3S2. The number of rotatable bonds is 4. The van der Waals surface area contributed by atoms with Crippen LogP contribution in [0.4, 0.5) is 11.4 Å². The number of carbonyl (C=O) groups excluding carboxylic acids is 1. The number of sulfone groups is 1. The minimum Gasteiger partial charge on any atom is -0.325 e. The van der Waals surface area contributed by atoms with E-state index in [2.05, 4.69) is 27.3 Å². The predicted molar refractivity (Wildman–Crippen MR) is 127 cm³/mol. The third kappa shape index (κ3) is 4.58. The van der Waals surface area contributed by atoms with E-state index in [-0.39, 0.29) is 35.2 Å². The number of thioether (sulfide) groups is 1.